The first kappa shape index (κ1) is 55.3. The Morgan fingerprint density at radius 2 is 1.18 bits per heavy atom. The van der Waals surface area contributed by atoms with Gasteiger partial charge in [0.05, 0.1) is 37.4 Å². The van der Waals surface area contributed by atoms with Crippen LogP contribution in [0.1, 0.15) is 120 Å². The normalized spacial score (nSPS) is 54.2. The molecule has 4 saturated carbocycles. The largest absolute Gasteiger partial charge is 0.432 e. The molecule has 26 atom stereocenters. The minimum Gasteiger partial charge on any atom is -0.432 e. The van der Waals surface area contributed by atoms with Gasteiger partial charge in [0.2, 0.25) is 6.29 Å². The Morgan fingerprint density at radius 1 is 0.611 bits per heavy atom. The highest BCUT2D eigenvalue weighted by Crippen LogP contribution is 2.76. The number of hydrogen-bond donors (Lipinski definition) is 11. The van der Waals surface area contributed by atoms with Gasteiger partial charge < -0.3 is 94.1 Å². The summed E-state index contributed by atoms with van der Waals surface area (Å²) in [4.78, 5) is 14.9. The second-order valence-electron chi connectivity index (χ2n) is 25.4. The number of hydrogen-bond acceptors (Lipinski definition) is 20. The van der Waals surface area contributed by atoms with E-state index in [2.05, 4.69) is 54.5 Å². The van der Waals surface area contributed by atoms with Crippen LogP contribution in [0.5, 0.6) is 0 Å². The molecule has 412 valence electrons. The van der Waals surface area contributed by atoms with Crippen molar-refractivity contribution in [1.82, 2.24) is 0 Å². The summed E-state index contributed by atoms with van der Waals surface area (Å²) in [5.74, 6) is -0.0685. The fraction of sp³-hybridized carbons (Fsp3) is 0.942. The van der Waals surface area contributed by atoms with Gasteiger partial charge in [-0.3, -0.25) is 4.79 Å². The molecule has 0 aromatic carbocycles. The number of allylic oxidation sites excluding steroid dienone is 2. The van der Waals surface area contributed by atoms with Crippen LogP contribution in [0.3, 0.4) is 0 Å². The molecule has 8 fully saturated rings. The van der Waals surface area contributed by atoms with Crippen molar-refractivity contribution in [3.63, 3.8) is 0 Å². The van der Waals surface area contributed by atoms with E-state index in [4.69, 9.17) is 37.9 Å². The summed E-state index contributed by atoms with van der Waals surface area (Å²) in [6, 6.07) is 0. The van der Waals surface area contributed by atoms with Gasteiger partial charge in [-0.1, -0.05) is 60.1 Å². The summed E-state index contributed by atoms with van der Waals surface area (Å²) >= 11 is 0. The van der Waals surface area contributed by atoms with Gasteiger partial charge in [0.1, 0.15) is 79.4 Å². The average Bonchev–Trinajstić information content (AvgIpc) is 3.32. The predicted molar refractivity (Wildman–Crippen MR) is 249 cm³/mol. The fourth-order valence-corrected chi connectivity index (χ4v) is 15.9. The molecule has 4 saturated heterocycles. The third-order valence-electron chi connectivity index (χ3n) is 20.6. The van der Waals surface area contributed by atoms with Crippen LogP contribution in [0, 0.1) is 50.2 Å². The first-order valence-electron chi connectivity index (χ1n) is 26.5. The van der Waals surface area contributed by atoms with E-state index in [9.17, 15) is 61.0 Å². The molecule has 9 aliphatic rings. The Bertz CT molecular complexity index is 1990. The van der Waals surface area contributed by atoms with Crippen LogP contribution in [0.4, 0.5) is 0 Å². The van der Waals surface area contributed by atoms with Gasteiger partial charge in [0.25, 0.3) is 0 Å². The quantitative estimate of drug-likeness (QED) is 0.0839. The SMILES string of the molecule is C[C@@H]1O[C@@H](O[C@@H]2CO[C@@H](OC(=O)[C@]34CCC(C)(C)C[C@@H]3C3=CC[C@@H]5[C@@]6(C)CC[C@H](O[C@@H]7OC[C@H](O[C@@H]8O[C@H](CO)[C@@H](O)[C@H](O)[C@H]8O)[C@H](O)[C@H]7O)C(C)(C)[C@H]6CC[C@@]5(C)[C@]3(C)CC4)[C@H](O)[C@H]2O)[C@H](O)[C@H](O)[C@H]1O. The number of carbonyl (C=O) groups excluding carboxylic acids is 1. The highest BCUT2D eigenvalue weighted by atomic mass is 16.8. The van der Waals surface area contributed by atoms with Crippen molar-refractivity contribution in [2.75, 3.05) is 19.8 Å². The summed E-state index contributed by atoms with van der Waals surface area (Å²) < 4.78 is 47.2. The second-order valence-corrected chi connectivity index (χ2v) is 25.4. The number of aliphatic hydroxyl groups is 11. The summed E-state index contributed by atoms with van der Waals surface area (Å²) in [5, 5.41) is 117. The number of rotatable bonds is 9. The van der Waals surface area contributed by atoms with Crippen molar-refractivity contribution >= 4 is 5.97 Å². The van der Waals surface area contributed by atoms with Crippen molar-refractivity contribution < 1.29 is 98.9 Å². The zero-order valence-corrected chi connectivity index (χ0v) is 43.1. The molecule has 11 N–H and O–H groups in total. The first-order valence-corrected chi connectivity index (χ1v) is 26.5. The number of carbonyl (C=O) groups is 1. The molecule has 20 heteroatoms. The van der Waals surface area contributed by atoms with Crippen LogP contribution in [0.15, 0.2) is 11.6 Å². The maximum Gasteiger partial charge on any atom is 0.315 e. The Labute approximate surface area is 421 Å². The maximum atomic E-state index is 14.9. The zero-order valence-electron chi connectivity index (χ0n) is 43.1. The Hall–Kier alpha value is -1.51. The van der Waals surface area contributed by atoms with Crippen LogP contribution in [0.2, 0.25) is 0 Å². The monoisotopic (exact) mass is 1030 g/mol. The highest BCUT2D eigenvalue weighted by Gasteiger charge is 2.70. The molecular formula is C52H84O20. The van der Waals surface area contributed by atoms with Crippen molar-refractivity contribution in [1.29, 1.82) is 0 Å². The molecule has 9 rings (SSSR count). The van der Waals surface area contributed by atoms with Crippen LogP contribution in [0.25, 0.3) is 0 Å². The van der Waals surface area contributed by atoms with Gasteiger partial charge >= 0.3 is 5.97 Å². The van der Waals surface area contributed by atoms with Gasteiger partial charge in [0.15, 0.2) is 18.9 Å². The molecule has 0 bridgehead atoms. The van der Waals surface area contributed by atoms with Gasteiger partial charge in [0, 0.05) is 0 Å². The van der Waals surface area contributed by atoms with E-state index in [1.54, 1.807) is 0 Å². The molecule has 4 heterocycles. The maximum absolute atomic E-state index is 14.9. The summed E-state index contributed by atoms with van der Waals surface area (Å²) in [6.07, 6.45) is -16.0. The van der Waals surface area contributed by atoms with Gasteiger partial charge in [-0.25, -0.2) is 0 Å². The van der Waals surface area contributed by atoms with Gasteiger partial charge in [-0.05, 0) is 116 Å². The van der Waals surface area contributed by atoms with Gasteiger partial charge in [-0.15, -0.1) is 0 Å². The third kappa shape index (κ3) is 8.87. The summed E-state index contributed by atoms with van der Waals surface area (Å²) in [6.45, 7) is 16.6. The van der Waals surface area contributed by atoms with Crippen molar-refractivity contribution in [3.8, 4) is 0 Å². The van der Waals surface area contributed by atoms with Crippen molar-refractivity contribution in [2.45, 2.75) is 236 Å². The zero-order chi connectivity index (χ0) is 52.4. The molecule has 20 nitrogen and oxygen atoms in total. The lowest BCUT2D eigenvalue weighted by molar-refractivity contribution is -0.351. The molecule has 0 aromatic heterocycles. The predicted octanol–water partition coefficient (Wildman–Crippen LogP) is 0.271. The minimum atomic E-state index is -1.69. The third-order valence-corrected chi connectivity index (χ3v) is 20.6. The Kier molecular flexibility index (Phi) is 15.2. The van der Waals surface area contributed by atoms with E-state index in [0.717, 1.165) is 44.9 Å². The smallest absolute Gasteiger partial charge is 0.315 e. The molecule has 4 aliphatic heterocycles. The summed E-state index contributed by atoms with van der Waals surface area (Å²) in [7, 11) is 0. The molecule has 0 radical (unpaired) electrons. The molecule has 0 amide bonds. The number of aliphatic hydroxyl groups excluding tert-OH is 11. The Morgan fingerprint density at radius 3 is 1.82 bits per heavy atom. The lowest BCUT2D eigenvalue weighted by Crippen LogP contribution is -2.66. The summed E-state index contributed by atoms with van der Waals surface area (Å²) in [5.41, 5.74) is -0.501. The van der Waals surface area contributed by atoms with Crippen LogP contribution < -0.4 is 0 Å². The lowest BCUT2D eigenvalue weighted by Gasteiger charge is -2.71. The molecule has 5 aliphatic carbocycles. The van der Waals surface area contributed by atoms with E-state index < -0.39 is 129 Å². The van der Waals surface area contributed by atoms with E-state index >= 15 is 0 Å². The topological polar surface area (TPSA) is 313 Å². The van der Waals surface area contributed by atoms with E-state index in [1.807, 2.05) is 0 Å². The number of fused-ring (bicyclic) bond motifs is 7. The number of ether oxygens (including phenoxy) is 8. The highest BCUT2D eigenvalue weighted by molar-refractivity contribution is 5.79. The molecule has 0 aromatic rings. The first-order chi connectivity index (χ1) is 33.7. The second kappa shape index (κ2) is 19.7. The van der Waals surface area contributed by atoms with E-state index in [1.165, 1.54) is 12.5 Å². The number of esters is 1. The lowest BCUT2D eigenvalue weighted by atomic mass is 9.33. The standard InChI is InChI=1S/C52H84O20/c1-23-32(54)36(58)40(62)44(67-23)69-27-22-66-43(39(61)35(27)57)72-46(64)52-17-15-47(2,3)19-25(52)24-9-10-30-49(6)13-12-31(48(4,5)29(49)11-14-51(30,8)50(24,7)16-18-52)71-42-38(60)34(56)28(21-65-42)70-45-41(63)37(59)33(55)26(20-53)68-45/h9,23,25-45,53-63H,10-22H2,1-8H3/t23-,25+,26+,27+,28-,29+,30+,31-,32-,33+,34-,35-,36+,37-,38+,39+,40+,41+,42-,43-,44-,45-,49-,50+,51+,52-/m0/s1. The molecule has 0 spiro atoms. The molecular weight excluding hydrogens is 945 g/mol. The van der Waals surface area contributed by atoms with Crippen molar-refractivity contribution in [3.05, 3.63) is 11.6 Å². The van der Waals surface area contributed by atoms with E-state index in [0.29, 0.717) is 25.2 Å². The fourth-order valence-electron chi connectivity index (χ4n) is 15.9. The van der Waals surface area contributed by atoms with Crippen LogP contribution in [-0.4, -0.2) is 199 Å². The van der Waals surface area contributed by atoms with Crippen LogP contribution >= 0.6 is 0 Å². The van der Waals surface area contributed by atoms with Gasteiger partial charge in [-0.2, -0.15) is 0 Å². The molecule has 72 heavy (non-hydrogen) atoms. The van der Waals surface area contributed by atoms with Crippen LogP contribution in [-0.2, 0) is 42.7 Å². The Balaban J connectivity index is 0.876. The van der Waals surface area contributed by atoms with E-state index in [-0.39, 0.29) is 58.2 Å². The van der Waals surface area contributed by atoms with Crippen molar-refractivity contribution in [2.24, 2.45) is 50.2 Å². The average molecular weight is 1030 g/mol. The molecule has 0 unspecified atom stereocenters. The minimum absolute atomic E-state index is 0.0598.